The van der Waals surface area contributed by atoms with E-state index in [0.29, 0.717) is 0 Å². The Morgan fingerprint density at radius 3 is 2.70 bits per heavy atom. The Balaban J connectivity index is 2.04. The van der Waals surface area contributed by atoms with Crippen LogP contribution in [0.3, 0.4) is 0 Å². The first kappa shape index (κ1) is 11.9. The van der Waals surface area contributed by atoms with E-state index in [4.69, 9.17) is 0 Å². The lowest BCUT2D eigenvalue weighted by atomic mass is 9.52. The third kappa shape index (κ3) is 1.09. The molecule has 0 saturated carbocycles. The Bertz CT molecular complexity index is 690. The Kier molecular flexibility index (Phi) is 2.02. The fourth-order valence-electron chi connectivity index (χ4n) is 4.59. The summed E-state index contributed by atoms with van der Waals surface area (Å²) in [6.45, 7) is 4.20. The average molecular weight is 267 g/mol. The summed E-state index contributed by atoms with van der Waals surface area (Å²) in [5.41, 5.74) is 3.35. The standard InChI is InChI=1S/C17H17NO2/c1-9-5-4-6-11-10-7-8-17(2,13(9)11)14-12(10)15(19)18(3)16(14)20/h4-8,10,12,14H,1-3H3/t10-,12+,14-,17+/m1/s1. The molecule has 1 fully saturated rings. The summed E-state index contributed by atoms with van der Waals surface area (Å²) >= 11 is 0. The van der Waals surface area contributed by atoms with E-state index in [1.54, 1.807) is 7.05 Å². The van der Waals surface area contributed by atoms with Gasteiger partial charge in [0.15, 0.2) is 0 Å². The van der Waals surface area contributed by atoms with Gasteiger partial charge in [0.2, 0.25) is 11.8 Å². The normalized spacial score (nSPS) is 37.4. The molecule has 4 atom stereocenters. The molecular weight excluding hydrogens is 250 g/mol. The van der Waals surface area contributed by atoms with Crippen LogP contribution in [-0.4, -0.2) is 23.8 Å². The Labute approximate surface area is 118 Å². The number of amides is 2. The van der Waals surface area contributed by atoms with Gasteiger partial charge in [-0.1, -0.05) is 37.3 Å². The molecule has 2 bridgehead atoms. The van der Waals surface area contributed by atoms with Crippen LogP contribution in [0.2, 0.25) is 0 Å². The zero-order valence-electron chi connectivity index (χ0n) is 11.9. The third-order valence-corrected chi connectivity index (χ3v) is 5.46. The Morgan fingerprint density at radius 1 is 1.20 bits per heavy atom. The molecule has 2 amide bonds. The summed E-state index contributed by atoms with van der Waals surface area (Å²) < 4.78 is 0. The lowest BCUT2D eigenvalue weighted by molar-refractivity contribution is -0.138. The Morgan fingerprint density at radius 2 is 1.95 bits per heavy atom. The van der Waals surface area contributed by atoms with Gasteiger partial charge in [0.25, 0.3) is 0 Å². The summed E-state index contributed by atoms with van der Waals surface area (Å²) in [7, 11) is 1.61. The van der Waals surface area contributed by atoms with E-state index in [1.807, 2.05) is 6.07 Å². The maximum absolute atomic E-state index is 12.5. The number of likely N-dealkylation sites (tertiary alicyclic amines) is 1. The fraction of sp³-hybridized carbons (Fsp3) is 0.412. The molecule has 3 nitrogen and oxygen atoms in total. The molecule has 0 spiro atoms. The van der Waals surface area contributed by atoms with E-state index < -0.39 is 0 Å². The quantitative estimate of drug-likeness (QED) is 0.533. The monoisotopic (exact) mass is 267 g/mol. The van der Waals surface area contributed by atoms with Crippen LogP contribution in [0.25, 0.3) is 0 Å². The third-order valence-electron chi connectivity index (χ3n) is 5.46. The van der Waals surface area contributed by atoms with E-state index in [1.165, 1.54) is 21.6 Å². The van der Waals surface area contributed by atoms with Crippen molar-refractivity contribution in [2.75, 3.05) is 7.05 Å². The van der Waals surface area contributed by atoms with Gasteiger partial charge in [-0.3, -0.25) is 14.5 Å². The van der Waals surface area contributed by atoms with Gasteiger partial charge in [-0.25, -0.2) is 0 Å². The lowest BCUT2D eigenvalue weighted by Gasteiger charge is -2.48. The van der Waals surface area contributed by atoms with E-state index >= 15 is 0 Å². The minimum atomic E-state index is -0.350. The summed E-state index contributed by atoms with van der Waals surface area (Å²) in [5, 5.41) is 0. The number of carbonyl (C=O) groups is 2. The van der Waals surface area contributed by atoms with Crippen molar-refractivity contribution in [3.8, 4) is 0 Å². The van der Waals surface area contributed by atoms with Gasteiger partial charge in [-0.15, -0.1) is 0 Å². The molecule has 4 aliphatic rings. The van der Waals surface area contributed by atoms with Gasteiger partial charge in [-0.05, 0) is 23.6 Å². The number of benzene rings is 1. The van der Waals surface area contributed by atoms with Crippen molar-refractivity contribution in [1.82, 2.24) is 4.90 Å². The van der Waals surface area contributed by atoms with Crippen molar-refractivity contribution < 1.29 is 9.59 Å². The maximum Gasteiger partial charge on any atom is 0.234 e. The highest BCUT2D eigenvalue weighted by atomic mass is 16.2. The summed E-state index contributed by atoms with van der Waals surface area (Å²) in [5.74, 6) is -0.433. The number of hydrogen-bond acceptors (Lipinski definition) is 2. The SMILES string of the molecule is Cc1cccc2c1[C@]1(C)C=C[C@H]2[C@@H]2C(=O)N(C)C(=O)[C@@H]21. The van der Waals surface area contributed by atoms with Crippen LogP contribution in [0.5, 0.6) is 0 Å². The number of aryl methyl sites for hydroxylation is 1. The van der Waals surface area contributed by atoms with Crippen molar-refractivity contribution in [2.45, 2.75) is 25.2 Å². The first-order chi connectivity index (χ1) is 9.47. The molecule has 5 rings (SSSR count). The zero-order chi connectivity index (χ0) is 14.2. The van der Waals surface area contributed by atoms with Gasteiger partial charge in [0.1, 0.15) is 0 Å². The zero-order valence-corrected chi connectivity index (χ0v) is 11.9. The molecule has 102 valence electrons. The summed E-state index contributed by atoms with van der Waals surface area (Å²) in [6.07, 6.45) is 4.28. The van der Waals surface area contributed by atoms with Crippen molar-refractivity contribution in [3.05, 3.63) is 47.0 Å². The molecule has 1 aromatic rings. The largest absolute Gasteiger partial charge is 0.285 e. The molecule has 3 aliphatic carbocycles. The maximum atomic E-state index is 12.5. The lowest BCUT2D eigenvalue weighted by Crippen LogP contribution is -2.48. The fourth-order valence-corrected chi connectivity index (χ4v) is 4.59. The summed E-state index contributed by atoms with van der Waals surface area (Å²) in [6, 6.07) is 6.26. The molecule has 0 unspecified atom stereocenters. The van der Waals surface area contributed by atoms with Crippen molar-refractivity contribution in [2.24, 2.45) is 11.8 Å². The molecule has 1 heterocycles. The molecule has 20 heavy (non-hydrogen) atoms. The molecule has 1 saturated heterocycles. The number of imide groups is 1. The van der Waals surface area contributed by atoms with E-state index in [0.717, 1.165) is 0 Å². The van der Waals surface area contributed by atoms with Crippen molar-refractivity contribution >= 4 is 11.8 Å². The molecule has 0 N–H and O–H groups in total. The van der Waals surface area contributed by atoms with E-state index in [-0.39, 0.29) is 35.0 Å². The smallest absolute Gasteiger partial charge is 0.234 e. The molecule has 1 aromatic carbocycles. The van der Waals surface area contributed by atoms with Crippen LogP contribution in [0.1, 0.15) is 29.5 Å². The minimum Gasteiger partial charge on any atom is -0.285 e. The molecule has 1 aliphatic heterocycles. The number of rotatable bonds is 0. The van der Waals surface area contributed by atoms with Crippen molar-refractivity contribution in [1.29, 1.82) is 0 Å². The molecular formula is C17H17NO2. The van der Waals surface area contributed by atoms with Crippen molar-refractivity contribution in [3.63, 3.8) is 0 Å². The predicted octanol–water partition coefficient (Wildman–Crippen LogP) is 2.15. The highest BCUT2D eigenvalue weighted by Crippen LogP contribution is 2.58. The predicted molar refractivity (Wildman–Crippen MR) is 75.2 cm³/mol. The molecule has 0 radical (unpaired) electrons. The van der Waals surface area contributed by atoms with Gasteiger partial charge in [0.05, 0.1) is 11.8 Å². The highest BCUT2D eigenvalue weighted by molar-refractivity contribution is 6.07. The van der Waals surface area contributed by atoms with Gasteiger partial charge in [0, 0.05) is 18.4 Å². The van der Waals surface area contributed by atoms with Crippen LogP contribution >= 0.6 is 0 Å². The van der Waals surface area contributed by atoms with Crippen LogP contribution in [0, 0.1) is 18.8 Å². The minimum absolute atomic E-state index is 0.0206. The van der Waals surface area contributed by atoms with Crippen LogP contribution < -0.4 is 0 Å². The summed E-state index contributed by atoms with van der Waals surface area (Å²) in [4.78, 5) is 26.3. The number of hydrogen-bond donors (Lipinski definition) is 0. The number of allylic oxidation sites excluding steroid dienone is 2. The second-order valence-electron chi connectivity index (χ2n) is 6.45. The number of carbonyl (C=O) groups excluding carboxylic acids is 2. The van der Waals surface area contributed by atoms with Crippen LogP contribution in [-0.2, 0) is 15.0 Å². The van der Waals surface area contributed by atoms with Crippen LogP contribution in [0.15, 0.2) is 30.4 Å². The second-order valence-corrected chi connectivity index (χ2v) is 6.45. The van der Waals surface area contributed by atoms with Gasteiger partial charge >= 0.3 is 0 Å². The molecule has 0 aromatic heterocycles. The van der Waals surface area contributed by atoms with Crippen LogP contribution in [0.4, 0.5) is 0 Å². The van der Waals surface area contributed by atoms with Gasteiger partial charge in [-0.2, -0.15) is 0 Å². The topological polar surface area (TPSA) is 37.4 Å². The first-order valence-electron chi connectivity index (χ1n) is 7.07. The second kappa shape index (κ2) is 3.40. The highest BCUT2D eigenvalue weighted by Gasteiger charge is 2.62. The number of nitrogens with zero attached hydrogens (tertiary/aromatic N) is 1. The molecule has 3 heteroatoms. The first-order valence-corrected chi connectivity index (χ1v) is 7.07. The Hall–Kier alpha value is -1.90. The van der Waals surface area contributed by atoms with E-state index in [9.17, 15) is 9.59 Å². The average Bonchev–Trinajstić information content (AvgIpc) is 2.66. The van der Waals surface area contributed by atoms with E-state index in [2.05, 4.69) is 38.1 Å². The van der Waals surface area contributed by atoms with Gasteiger partial charge < -0.3 is 0 Å².